The number of carbonyl (C=O) groups is 1. The van der Waals surface area contributed by atoms with Crippen LogP contribution in [0, 0.1) is 34.0 Å². The van der Waals surface area contributed by atoms with Gasteiger partial charge in [0.05, 0.1) is 6.07 Å². The number of hydrogen-bond acceptors (Lipinski definition) is 3. The Morgan fingerprint density at radius 1 is 1.38 bits per heavy atom. The molecular formula is C18H21NOS. The van der Waals surface area contributed by atoms with Gasteiger partial charge in [0.1, 0.15) is 5.92 Å². The topological polar surface area (TPSA) is 40.9 Å². The highest BCUT2D eigenvalue weighted by atomic mass is 32.1. The van der Waals surface area contributed by atoms with E-state index in [0.29, 0.717) is 5.41 Å². The summed E-state index contributed by atoms with van der Waals surface area (Å²) in [6.45, 7) is 2.37. The first-order valence-corrected chi connectivity index (χ1v) is 8.89. The van der Waals surface area contributed by atoms with Gasteiger partial charge in [0.2, 0.25) is 0 Å². The van der Waals surface area contributed by atoms with Crippen molar-refractivity contribution in [2.75, 3.05) is 0 Å². The third-order valence-electron chi connectivity index (χ3n) is 6.10. The van der Waals surface area contributed by atoms with Gasteiger partial charge in [0, 0.05) is 10.3 Å². The van der Waals surface area contributed by atoms with Crippen molar-refractivity contribution in [3.8, 4) is 6.07 Å². The summed E-state index contributed by atoms with van der Waals surface area (Å²) in [5.41, 5.74) is 0.165. The first-order valence-electron chi connectivity index (χ1n) is 8.01. The molecular weight excluding hydrogens is 278 g/mol. The largest absolute Gasteiger partial charge is 0.297 e. The van der Waals surface area contributed by atoms with Crippen molar-refractivity contribution in [3.05, 3.63) is 22.4 Å². The van der Waals surface area contributed by atoms with Gasteiger partial charge in [-0.25, -0.2) is 0 Å². The van der Waals surface area contributed by atoms with Gasteiger partial charge in [-0.2, -0.15) is 5.26 Å². The molecule has 5 rings (SSSR count). The summed E-state index contributed by atoms with van der Waals surface area (Å²) in [5.74, 6) is 1.14. The molecule has 0 aromatic carbocycles. The van der Waals surface area contributed by atoms with Crippen molar-refractivity contribution in [1.29, 1.82) is 5.26 Å². The van der Waals surface area contributed by atoms with E-state index in [0.717, 1.165) is 36.0 Å². The molecule has 1 aromatic heterocycles. The minimum atomic E-state index is -0.537. The van der Waals surface area contributed by atoms with E-state index >= 15 is 0 Å². The van der Waals surface area contributed by atoms with Gasteiger partial charge in [-0.15, -0.1) is 11.3 Å². The van der Waals surface area contributed by atoms with E-state index < -0.39 is 5.92 Å². The van der Waals surface area contributed by atoms with Gasteiger partial charge in [0.15, 0.2) is 5.78 Å². The lowest BCUT2D eigenvalue weighted by molar-refractivity contribution is -0.153. The van der Waals surface area contributed by atoms with Gasteiger partial charge in [-0.05, 0) is 67.2 Å². The van der Waals surface area contributed by atoms with Gasteiger partial charge in [-0.1, -0.05) is 13.0 Å². The zero-order valence-electron chi connectivity index (χ0n) is 12.5. The molecule has 4 saturated carbocycles. The summed E-state index contributed by atoms with van der Waals surface area (Å²) in [4.78, 5) is 14.2. The average Bonchev–Trinajstić information content (AvgIpc) is 2.90. The lowest BCUT2D eigenvalue weighted by Crippen LogP contribution is -2.54. The molecule has 4 aliphatic rings. The molecule has 0 spiro atoms. The molecule has 21 heavy (non-hydrogen) atoms. The van der Waals surface area contributed by atoms with Crippen molar-refractivity contribution < 1.29 is 4.79 Å². The van der Waals surface area contributed by atoms with Crippen molar-refractivity contribution in [1.82, 2.24) is 0 Å². The van der Waals surface area contributed by atoms with Crippen molar-refractivity contribution in [2.24, 2.45) is 22.7 Å². The second kappa shape index (κ2) is 4.43. The smallest absolute Gasteiger partial charge is 0.161 e. The predicted octanol–water partition coefficient (Wildman–Crippen LogP) is 4.53. The summed E-state index contributed by atoms with van der Waals surface area (Å²) in [6.07, 6.45) is 7.03. The Morgan fingerprint density at radius 2 is 2.10 bits per heavy atom. The first-order chi connectivity index (χ1) is 10.0. The summed E-state index contributed by atoms with van der Waals surface area (Å²) in [5, 5.41) is 11.5. The van der Waals surface area contributed by atoms with E-state index in [2.05, 4.69) is 13.0 Å². The second-order valence-electron chi connectivity index (χ2n) is 7.99. The van der Waals surface area contributed by atoms with Gasteiger partial charge in [0.25, 0.3) is 0 Å². The fraction of sp³-hybridized carbons (Fsp3) is 0.667. The zero-order valence-corrected chi connectivity index (χ0v) is 13.3. The minimum absolute atomic E-state index is 0.191. The zero-order chi connectivity index (χ0) is 14.7. The summed E-state index contributed by atoms with van der Waals surface area (Å²) < 4.78 is 0. The summed E-state index contributed by atoms with van der Waals surface area (Å²) in [6, 6.07) is 6.19. The van der Waals surface area contributed by atoms with Crippen LogP contribution in [0.25, 0.3) is 0 Å². The molecule has 3 atom stereocenters. The van der Waals surface area contributed by atoms with Crippen molar-refractivity contribution >= 4 is 17.1 Å². The fourth-order valence-electron chi connectivity index (χ4n) is 6.02. The Balaban J connectivity index is 1.69. The molecule has 0 aliphatic heterocycles. The van der Waals surface area contributed by atoms with Crippen LogP contribution in [0.15, 0.2) is 17.5 Å². The Kier molecular flexibility index (Phi) is 2.85. The van der Waals surface area contributed by atoms with E-state index in [1.54, 1.807) is 11.3 Å². The molecule has 0 radical (unpaired) electrons. The van der Waals surface area contributed by atoms with Crippen molar-refractivity contribution in [2.45, 2.75) is 51.4 Å². The van der Waals surface area contributed by atoms with E-state index in [1.807, 2.05) is 17.5 Å². The molecule has 3 heteroatoms. The average molecular weight is 299 g/mol. The van der Waals surface area contributed by atoms with E-state index in [4.69, 9.17) is 0 Å². The number of Topliss-reactive ketones (excluding diaryl/α,β-unsaturated/α-hetero) is 1. The molecule has 4 fully saturated rings. The Hall–Kier alpha value is -1.14. The van der Waals surface area contributed by atoms with E-state index in [1.165, 1.54) is 19.3 Å². The van der Waals surface area contributed by atoms with Gasteiger partial charge < -0.3 is 0 Å². The minimum Gasteiger partial charge on any atom is -0.297 e. The number of hydrogen-bond donors (Lipinski definition) is 0. The molecule has 1 aromatic rings. The van der Waals surface area contributed by atoms with Crippen LogP contribution in [0.1, 0.15) is 56.2 Å². The van der Waals surface area contributed by atoms with Crippen LogP contribution in [0.3, 0.4) is 0 Å². The molecule has 0 saturated heterocycles. The maximum Gasteiger partial charge on any atom is 0.161 e. The number of carbonyl (C=O) groups excluding carboxylic acids is 1. The highest BCUT2D eigenvalue weighted by Crippen LogP contribution is 2.66. The molecule has 3 unspecified atom stereocenters. The second-order valence-corrected chi connectivity index (χ2v) is 8.97. The molecule has 0 N–H and O–H groups in total. The monoisotopic (exact) mass is 299 g/mol. The van der Waals surface area contributed by atoms with Crippen LogP contribution in [-0.2, 0) is 4.79 Å². The maximum absolute atomic E-state index is 13.3. The number of nitriles is 1. The van der Waals surface area contributed by atoms with Gasteiger partial charge in [-0.3, -0.25) is 4.79 Å². The number of ketones is 1. The van der Waals surface area contributed by atoms with Crippen LogP contribution in [0.5, 0.6) is 0 Å². The lowest BCUT2D eigenvalue weighted by Gasteiger charge is -2.60. The van der Waals surface area contributed by atoms with Crippen LogP contribution < -0.4 is 0 Å². The summed E-state index contributed by atoms with van der Waals surface area (Å²) >= 11 is 1.54. The van der Waals surface area contributed by atoms with Crippen LogP contribution >= 0.6 is 11.3 Å². The van der Waals surface area contributed by atoms with E-state index in [9.17, 15) is 10.1 Å². The van der Waals surface area contributed by atoms with Gasteiger partial charge >= 0.3 is 0 Å². The van der Waals surface area contributed by atoms with Crippen molar-refractivity contribution in [3.63, 3.8) is 0 Å². The number of rotatable bonds is 3. The third kappa shape index (κ3) is 1.99. The standard InChI is InChI=1S/C18H21NOS/c1-17-6-12-5-13(7-17)9-18(8-12,11-17)16(20)14(10-19)15-3-2-4-21-15/h2-4,12-14H,5-9,11H2,1H3. The first kappa shape index (κ1) is 13.5. The summed E-state index contributed by atoms with van der Waals surface area (Å²) in [7, 11) is 0. The quantitative estimate of drug-likeness (QED) is 0.822. The fourth-order valence-corrected chi connectivity index (χ4v) is 6.79. The third-order valence-corrected chi connectivity index (χ3v) is 7.03. The van der Waals surface area contributed by atoms with Crippen LogP contribution in [0.4, 0.5) is 0 Å². The highest BCUT2D eigenvalue weighted by Gasteiger charge is 2.59. The predicted molar refractivity (Wildman–Crippen MR) is 82.9 cm³/mol. The Labute approximate surface area is 130 Å². The lowest BCUT2D eigenvalue weighted by atomic mass is 9.43. The molecule has 4 aliphatic carbocycles. The normalized spacial score (nSPS) is 41.7. The number of thiophene rings is 1. The Morgan fingerprint density at radius 3 is 2.62 bits per heavy atom. The molecule has 1 heterocycles. The molecule has 4 bridgehead atoms. The van der Waals surface area contributed by atoms with Crippen LogP contribution in [0.2, 0.25) is 0 Å². The Bertz CT molecular complexity index is 598. The van der Waals surface area contributed by atoms with E-state index in [-0.39, 0.29) is 11.2 Å². The molecule has 2 nitrogen and oxygen atoms in total. The number of nitrogens with zero attached hydrogens (tertiary/aromatic N) is 1. The maximum atomic E-state index is 13.3. The SMILES string of the molecule is CC12CC3CC(C1)CC(C(=O)C(C#N)c1cccs1)(C3)C2. The van der Waals surface area contributed by atoms with Crippen LogP contribution in [-0.4, -0.2) is 5.78 Å². The molecule has 110 valence electrons. The molecule has 0 amide bonds. The highest BCUT2D eigenvalue weighted by molar-refractivity contribution is 7.10.